The fourth-order valence-electron chi connectivity index (χ4n) is 4.95. The number of fused-ring (bicyclic) bond motifs is 5. The number of hydrogen-bond acceptors (Lipinski definition) is 3. The lowest BCUT2D eigenvalue weighted by Crippen LogP contribution is -2.48. The second kappa shape index (κ2) is 7.52. The van der Waals surface area contributed by atoms with Crippen LogP contribution >= 0.6 is 0 Å². The number of aryl methyl sites for hydroxylation is 2. The van der Waals surface area contributed by atoms with E-state index < -0.39 is 0 Å². The zero-order valence-electron chi connectivity index (χ0n) is 16.5. The first-order valence-corrected chi connectivity index (χ1v) is 10.3. The maximum atomic E-state index is 13.0. The van der Waals surface area contributed by atoms with Gasteiger partial charge in [-0.05, 0) is 50.0 Å². The average molecular weight is 374 g/mol. The minimum atomic E-state index is 0.0596. The zero-order chi connectivity index (χ0) is 19.0. The van der Waals surface area contributed by atoms with Crippen molar-refractivity contribution in [3.8, 4) is 0 Å². The molecule has 0 radical (unpaired) electrons. The van der Waals surface area contributed by atoms with Crippen molar-refractivity contribution in [2.75, 3.05) is 33.7 Å². The Balaban J connectivity index is 1.39. The molecule has 2 bridgehead atoms. The average Bonchev–Trinajstić information content (AvgIpc) is 2.85. The van der Waals surface area contributed by atoms with Crippen LogP contribution in [0.2, 0.25) is 0 Å². The van der Waals surface area contributed by atoms with E-state index in [2.05, 4.69) is 15.1 Å². The van der Waals surface area contributed by atoms with Gasteiger partial charge in [-0.1, -0.05) is 0 Å². The Hall–Kier alpha value is -2.05. The number of H-pyrrole nitrogens is 1. The van der Waals surface area contributed by atoms with E-state index in [1.807, 2.05) is 4.90 Å². The summed E-state index contributed by atoms with van der Waals surface area (Å²) in [4.78, 5) is 31.0. The van der Waals surface area contributed by atoms with Gasteiger partial charge in [0, 0.05) is 58.3 Å². The summed E-state index contributed by atoms with van der Waals surface area (Å²) < 4.78 is 0. The third kappa shape index (κ3) is 3.69. The molecule has 27 heavy (non-hydrogen) atoms. The fourth-order valence-corrected chi connectivity index (χ4v) is 4.95. The second-order valence-electron chi connectivity index (χ2n) is 8.56. The lowest BCUT2D eigenvalue weighted by Gasteiger charge is -2.36. The van der Waals surface area contributed by atoms with Gasteiger partial charge >= 0.3 is 6.03 Å². The van der Waals surface area contributed by atoms with E-state index in [0.717, 1.165) is 50.9 Å². The molecular formula is C20H31N5O2. The van der Waals surface area contributed by atoms with E-state index >= 15 is 0 Å². The normalized spacial score (nSPS) is 24.5. The molecule has 3 saturated heterocycles. The molecule has 3 fully saturated rings. The summed E-state index contributed by atoms with van der Waals surface area (Å²) in [7, 11) is 3.59. The molecule has 3 amide bonds. The first kappa shape index (κ1) is 18.3. The van der Waals surface area contributed by atoms with Gasteiger partial charge in [-0.25, -0.2) is 4.79 Å². The van der Waals surface area contributed by atoms with Gasteiger partial charge in [0.2, 0.25) is 5.91 Å². The highest BCUT2D eigenvalue weighted by Crippen LogP contribution is 2.29. The lowest BCUT2D eigenvalue weighted by atomic mass is 9.93. The molecule has 1 aromatic rings. The van der Waals surface area contributed by atoms with Crippen LogP contribution in [0.1, 0.15) is 49.1 Å². The summed E-state index contributed by atoms with van der Waals surface area (Å²) in [5.74, 6) is 0.617. The van der Waals surface area contributed by atoms with Gasteiger partial charge < -0.3 is 14.7 Å². The lowest BCUT2D eigenvalue weighted by molar-refractivity contribution is -0.135. The van der Waals surface area contributed by atoms with Gasteiger partial charge in [-0.3, -0.25) is 9.89 Å². The van der Waals surface area contributed by atoms with Crippen LogP contribution in [-0.4, -0.2) is 76.6 Å². The van der Waals surface area contributed by atoms with E-state index in [4.69, 9.17) is 0 Å². The number of hydrogen-bond donors (Lipinski definition) is 1. The predicted octanol–water partition coefficient (Wildman–Crippen LogP) is 1.83. The van der Waals surface area contributed by atoms with Gasteiger partial charge in [0.15, 0.2) is 0 Å². The molecule has 0 spiro atoms. The van der Waals surface area contributed by atoms with Crippen molar-refractivity contribution in [1.29, 1.82) is 0 Å². The van der Waals surface area contributed by atoms with Crippen LogP contribution in [0.25, 0.3) is 0 Å². The van der Waals surface area contributed by atoms with Crippen molar-refractivity contribution in [1.82, 2.24) is 24.9 Å². The zero-order valence-corrected chi connectivity index (χ0v) is 16.5. The molecule has 0 saturated carbocycles. The molecule has 1 aromatic heterocycles. The number of rotatable bonds is 3. The number of amides is 3. The number of carbonyl (C=O) groups excluding carboxylic acids is 2. The number of aromatic amines is 1. The maximum absolute atomic E-state index is 13.0. The van der Waals surface area contributed by atoms with Crippen LogP contribution in [-0.2, 0) is 24.1 Å². The van der Waals surface area contributed by atoms with E-state index in [0.29, 0.717) is 18.9 Å². The third-order valence-electron chi connectivity index (χ3n) is 6.40. The van der Waals surface area contributed by atoms with Gasteiger partial charge in [0.1, 0.15) is 0 Å². The highest BCUT2D eigenvalue weighted by atomic mass is 16.2. The molecule has 148 valence electrons. The van der Waals surface area contributed by atoms with Crippen molar-refractivity contribution in [3.05, 3.63) is 17.0 Å². The number of aromatic nitrogens is 2. The van der Waals surface area contributed by atoms with Crippen LogP contribution in [0.15, 0.2) is 0 Å². The monoisotopic (exact) mass is 373 g/mol. The quantitative estimate of drug-likeness (QED) is 0.878. The standard InChI is InChI=1S/C20H31N5O2/c1-23(2)20(27)24-11-14-7-8-15(13-24)25(12-14)19(26)10-9-18-16-5-3-4-6-17(16)21-22-18/h14-15H,3-13H2,1-2H3,(H,21,22)/t14-,15+/m0/s1. The first-order valence-electron chi connectivity index (χ1n) is 10.3. The fraction of sp³-hybridized carbons (Fsp3) is 0.750. The summed E-state index contributed by atoms with van der Waals surface area (Å²) >= 11 is 0. The Morgan fingerprint density at radius 3 is 2.78 bits per heavy atom. The van der Waals surface area contributed by atoms with E-state index in [-0.39, 0.29) is 18.0 Å². The molecule has 7 nitrogen and oxygen atoms in total. The third-order valence-corrected chi connectivity index (χ3v) is 6.40. The molecule has 4 aliphatic rings. The maximum Gasteiger partial charge on any atom is 0.319 e. The number of nitrogens with zero attached hydrogens (tertiary/aromatic N) is 4. The van der Waals surface area contributed by atoms with E-state index in [1.165, 1.54) is 24.1 Å². The summed E-state index contributed by atoms with van der Waals surface area (Å²) in [5, 5.41) is 7.65. The molecule has 2 atom stereocenters. The van der Waals surface area contributed by atoms with Crippen LogP contribution in [0.4, 0.5) is 4.79 Å². The van der Waals surface area contributed by atoms with Crippen LogP contribution < -0.4 is 0 Å². The van der Waals surface area contributed by atoms with Crippen LogP contribution in [0.5, 0.6) is 0 Å². The molecule has 0 unspecified atom stereocenters. The van der Waals surface area contributed by atoms with Crippen molar-refractivity contribution < 1.29 is 9.59 Å². The molecule has 5 rings (SSSR count). The number of nitrogens with one attached hydrogen (secondary N) is 1. The second-order valence-corrected chi connectivity index (χ2v) is 8.56. The number of piperidine rings is 1. The molecule has 1 N–H and O–H groups in total. The van der Waals surface area contributed by atoms with Crippen molar-refractivity contribution in [3.63, 3.8) is 0 Å². The SMILES string of the molecule is CN(C)C(=O)N1C[C@@H]2CC[C@H](C1)N(C(=O)CCc1n[nH]c3c1CCCC3)C2. The Kier molecular flexibility index (Phi) is 5.10. The van der Waals surface area contributed by atoms with E-state index in [1.54, 1.807) is 19.0 Å². The predicted molar refractivity (Wildman–Crippen MR) is 102 cm³/mol. The van der Waals surface area contributed by atoms with Crippen LogP contribution in [0, 0.1) is 5.92 Å². The molecule has 0 aromatic carbocycles. The Morgan fingerprint density at radius 1 is 1.15 bits per heavy atom. The minimum Gasteiger partial charge on any atom is -0.338 e. The van der Waals surface area contributed by atoms with Crippen molar-refractivity contribution in [2.45, 2.75) is 57.4 Å². The topological polar surface area (TPSA) is 72.5 Å². The van der Waals surface area contributed by atoms with Gasteiger partial charge in [-0.2, -0.15) is 5.10 Å². The molecule has 3 aliphatic heterocycles. The van der Waals surface area contributed by atoms with Crippen molar-refractivity contribution >= 4 is 11.9 Å². The summed E-state index contributed by atoms with van der Waals surface area (Å²) in [6.07, 6.45) is 7.98. The summed E-state index contributed by atoms with van der Waals surface area (Å²) in [6.45, 7) is 2.22. The van der Waals surface area contributed by atoms with Gasteiger partial charge in [0.25, 0.3) is 0 Å². The highest BCUT2D eigenvalue weighted by molar-refractivity contribution is 5.78. The molecule has 7 heteroatoms. The molecular weight excluding hydrogens is 342 g/mol. The molecule has 4 heterocycles. The van der Waals surface area contributed by atoms with Gasteiger partial charge in [0.05, 0.1) is 5.69 Å². The Bertz CT molecular complexity index is 713. The van der Waals surface area contributed by atoms with E-state index in [9.17, 15) is 9.59 Å². The number of urea groups is 1. The smallest absolute Gasteiger partial charge is 0.319 e. The van der Waals surface area contributed by atoms with Crippen molar-refractivity contribution in [2.24, 2.45) is 5.92 Å². The summed E-state index contributed by atoms with van der Waals surface area (Å²) in [5.41, 5.74) is 3.71. The number of carbonyl (C=O) groups is 2. The minimum absolute atomic E-state index is 0.0596. The Labute approximate surface area is 161 Å². The Morgan fingerprint density at radius 2 is 1.96 bits per heavy atom. The molecule has 1 aliphatic carbocycles. The first-order chi connectivity index (χ1) is 13.0. The summed E-state index contributed by atoms with van der Waals surface area (Å²) in [6, 6.07) is 0.220. The largest absolute Gasteiger partial charge is 0.338 e. The van der Waals surface area contributed by atoms with Crippen LogP contribution in [0.3, 0.4) is 0 Å². The van der Waals surface area contributed by atoms with Gasteiger partial charge in [-0.15, -0.1) is 0 Å². The highest BCUT2D eigenvalue weighted by Gasteiger charge is 2.38.